The molecule has 2 heteroatoms. The van der Waals surface area contributed by atoms with Crippen molar-refractivity contribution >= 4 is 11.5 Å². The topological polar surface area (TPSA) is 20.3 Å². The Morgan fingerprint density at radius 2 is 2.00 bits per heavy atom. The fraction of sp³-hybridized carbons (Fsp3) is 0.417. The molecule has 1 fully saturated rings. The van der Waals surface area contributed by atoms with Gasteiger partial charge in [-0.05, 0) is 12.1 Å². The summed E-state index contributed by atoms with van der Waals surface area (Å²) in [5, 5.41) is 0. The van der Waals surface area contributed by atoms with E-state index >= 15 is 0 Å². The lowest BCUT2D eigenvalue weighted by molar-refractivity contribution is -0.122. The van der Waals surface area contributed by atoms with Crippen LogP contribution in [0.25, 0.3) is 0 Å². The van der Waals surface area contributed by atoms with Gasteiger partial charge in [0.1, 0.15) is 5.78 Å². The van der Waals surface area contributed by atoms with Crippen molar-refractivity contribution < 1.29 is 4.79 Å². The third-order valence-corrected chi connectivity index (χ3v) is 2.79. The summed E-state index contributed by atoms with van der Waals surface area (Å²) in [6, 6.07) is 10.3. The van der Waals surface area contributed by atoms with Crippen LogP contribution in [0.1, 0.15) is 13.3 Å². The lowest BCUT2D eigenvalue weighted by Crippen LogP contribution is -2.39. The maximum absolute atomic E-state index is 11.3. The molecular formula is C12H15NO. The van der Waals surface area contributed by atoms with Gasteiger partial charge in [-0.15, -0.1) is 0 Å². The molecule has 14 heavy (non-hydrogen) atoms. The zero-order chi connectivity index (χ0) is 9.97. The zero-order valence-electron chi connectivity index (χ0n) is 8.44. The van der Waals surface area contributed by atoms with Crippen LogP contribution in [0, 0.1) is 5.92 Å². The minimum Gasteiger partial charge on any atom is -0.370 e. The highest BCUT2D eigenvalue weighted by molar-refractivity contribution is 5.83. The van der Waals surface area contributed by atoms with E-state index in [9.17, 15) is 4.79 Å². The van der Waals surface area contributed by atoms with Gasteiger partial charge in [0.05, 0.1) is 0 Å². The van der Waals surface area contributed by atoms with Gasteiger partial charge in [0.2, 0.25) is 0 Å². The van der Waals surface area contributed by atoms with Crippen molar-refractivity contribution in [1.82, 2.24) is 0 Å². The third-order valence-electron chi connectivity index (χ3n) is 2.79. The maximum atomic E-state index is 11.3. The Hall–Kier alpha value is -1.31. The summed E-state index contributed by atoms with van der Waals surface area (Å²) in [5.41, 5.74) is 1.23. The minimum absolute atomic E-state index is 0.184. The molecule has 1 atom stereocenters. The van der Waals surface area contributed by atoms with Crippen LogP contribution in [-0.2, 0) is 4.79 Å². The molecular weight excluding hydrogens is 174 g/mol. The molecule has 0 aromatic heterocycles. The van der Waals surface area contributed by atoms with E-state index in [-0.39, 0.29) is 5.92 Å². The largest absolute Gasteiger partial charge is 0.370 e. The molecule has 1 saturated heterocycles. The van der Waals surface area contributed by atoms with E-state index in [1.165, 1.54) is 5.69 Å². The zero-order valence-corrected chi connectivity index (χ0v) is 8.44. The highest BCUT2D eigenvalue weighted by Gasteiger charge is 2.23. The molecule has 0 aliphatic carbocycles. The quantitative estimate of drug-likeness (QED) is 0.674. The van der Waals surface area contributed by atoms with Gasteiger partial charge in [0, 0.05) is 31.1 Å². The van der Waals surface area contributed by atoms with Crippen molar-refractivity contribution in [2.45, 2.75) is 13.3 Å². The van der Waals surface area contributed by atoms with Crippen molar-refractivity contribution in [2.75, 3.05) is 18.0 Å². The van der Waals surface area contributed by atoms with Gasteiger partial charge in [-0.3, -0.25) is 4.79 Å². The lowest BCUT2D eigenvalue weighted by Gasteiger charge is -2.31. The Bertz CT molecular complexity index is 320. The number of Topliss-reactive ketones (excluding diaryl/α,β-unsaturated/α-hetero) is 1. The standard InChI is InChI=1S/C12H15NO/c1-10-9-13(8-7-12(10)14)11-5-3-2-4-6-11/h2-6,10H,7-9H2,1H3/t10-/m1/s1. The lowest BCUT2D eigenvalue weighted by atomic mass is 9.98. The molecule has 1 aromatic rings. The first-order valence-corrected chi connectivity index (χ1v) is 5.10. The van der Waals surface area contributed by atoms with Gasteiger partial charge in [0.15, 0.2) is 0 Å². The molecule has 2 nitrogen and oxygen atoms in total. The van der Waals surface area contributed by atoms with Crippen molar-refractivity contribution in [3.05, 3.63) is 30.3 Å². The van der Waals surface area contributed by atoms with Crippen LogP contribution >= 0.6 is 0 Å². The number of anilines is 1. The number of ketones is 1. The monoisotopic (exact) mass is 189 g/mol. The molecule has 0 unspecified atom stereocenters. The molecule has 74 valence electrons. The number of hydrogen-bond donors (Lipinski definition) is 0. The normalized spacial score (nSPS) is 22.5. The van der Waals surface area contributed by atoms with Crippen LogP contribution in [0.4, 0.5) is 5.69 Å². The van der Waals surface area contributed by atoms with Crippen LogP contribution in [0.15, 0.2) is 30.3 Å². The SMILES string of the molecule is C[C@@H]1CN(c2ccccc2)CCC1=O. The average Bonchev–Trinajstić information content (AvgIpc) is 2.23. The van der Waals surface area contributed by atoms with E-state index in [2.05, 4.69) is 17.0 Å². The molecule has 1 aliphatic rings. The molecule has 0 amide bonds. The summed E-state index contributed by atoms with van der Waals surface area (Å²) in [6.45, 7) is 3.74. The van der Waals surface area contributed by atoms with Crippen LogP contribution in [0.2, 0.25) is 0 Å². The third kappa shape index (κ3) is 1.79. The van der Waals surface area contributed by atoms with E-state index in [1.54, 1.807) is 0 Å². The average molecular weight is 189 g/mol. The molecule has 1 aromatic carbocycles. The Balaban J connectivity index is 2.11. The number of benzene rings is 1. The first kappa shape index (κ1) is 9.25. The fourth-order valence-electron chi connectivity index (χ4n) is 1.89. The maximum Gasteiger partial charge on any atom is 0.139 e. The Morgan fingerprint density at radius 1 is 1.29 bits per heavy atom. The van der Waals surface area contributed by atoms with Crippen LogP contribution in [0.3, 0.4) is 0 Å². The molecule has 0 saturated carbocycles. The molecule has 2 rings (SSSR count). The Labute approximate surface area is 84.5 Å². The summed E-state index contributed by atoms with van der Waals surface area (Å²) in [6.07, 6.45) is 0.691. The van der Waals surface area contributed by atoms with Gasteiger partial charge in [-0.25, -0.2) is 0 Å². The number of nitrogens with zero attached hydrogens (tertiary/aromatic N) is 1. The fourth-order valence-corrected chi connectivity index (χ4v) is 1.89. The second-order valence-electron chi connectivity index (χ2n) is 3.90. The van der Waals surface area contributed by atoms with Crippen LogP contribution in [-0.4, -0.2) is 18.9 Å². The van der Waals surface area contributed by atoms with Crippen LogP contribution < -0.4 is 4.90 Å². The molecule has 1 aliphatic heterocycles. The number of carbonyl (C=O) groups excluding carboxylic acids is 1. The van der Waals surface area contributed by atoms with Crippen molar-refractivity contribution in [1.29, 1.82) is 0 Å². The highest BCUT2D eigenvalue weighted by atomic mass is 16.1. The Morgan fingerprint density at radius 3 is 2.64 bits per heavy atom. The number of carbonyl (C=O) groups is 1. The summed E-state index contributed by atoms with van der Waals surface area (Å²) < 4.78 is 0. The summed E-state index contributed by atoms with van der Waals surface area (Å²) in [4.78, 5) is 13.6. The van der Waals surface area contributed by atoms with E-state index in [0.717, 1.165) is 13.1 Å². The second kappa shape index (κ2) is 3.82. The number of para-hydroxylation sites is 1. The smallest absolute Gasteiger partial charge is 0.139 e. The van der Waals surface area contributed by atoms with Gasteiger partial charge in [-0.2, -0.15) is 0 Å². The Kier molecular flexibility index (Phi) is 2.53. The van der Waals surface area contributed by atoms with Gasteiger partial charge in [0.25, 0.3) is 0 Å². The van der Waals surface area contributed by atoms with E-state index < -0.39 is 0 Å². The van der Waals surface area contributed by atoms with E-state index in [4.69, 9.17) is 0 Å². The van der Waals surface area contributed by atoms with Crippen molar-refractivity contribution in [3.63, 3.8) is 0 Å². The van der Waals surface area contributed by atoms with Crippen LogP contribution in [0.5, 0.6) is 0 Å². The molecule has 1 heterocycles. The molecule has 0 bridgehead atoms. The van der Waals surface area contributed by atoms with E-state index in [1.807, 2.05) is 25.1 Å². The first-order valence-electron chi connectivity index (χ1n) is 5.10. The van der Waals surface area contributed by atoms with Gasteiger partial charge < -0.3 is 4.90 Å². The molecule has 0 N–H and O–H groups in total. The second-order valence-corrected chi connectivity index (χ2v) is 3.90. The van der Waals surface area contributed by atoms with Crippen molar-refractivity contribution in [3.8, 4) is 0 Å². The number of piperidine rings is 1. The number of rotatable bonds is 1. The van der Waals surface area contributed by atoms with Crippen molar-refractivity contribution in [2.24, 2.45) is 5.92 Å². The van der Waals surface area contributed by atoms with Gasteiger partial charge >= 0.3 is 0 Å². The van der Waals surface area contributed by atoms with E-state index in [0.29, 0.717) is 12.2 Å². The summed E-state index contributed by atoms with van der Waals surface area (Å²) >= 11 is 0. The first-order chi connectivity index (χ1) is 6.77. The predicted molar refractivity (Wildman–Crippen MR) is 57.4 cm³/mol. The number of hydrogen-bond acceptors (Lipinski definition) is 2. The van der Waals surface area contributed by atoms with Gasteiger partial charge in [-0.1, -0.05) is 25.1 Å². The molecule has 0 radical (unpaired) electrons. The minimum atomic E-state index is 0.184. The predicted octanol–water partition coefficient (Wildman–Crippen LogP) is 2.10. The highest BCUT2D eigenvalue weighted by Crippen LogP contribution is 2.20. The summed E-state index contributed by atoms with van der Waals surface area (Å²) in [5.74, 6) is 0.584. The summed E-state index contributed by atoms with van der Waals surface area (Å²) in [7, 11) is 0. The molecule has 0 spiro atoms.